The van der Waals surface area contributed by atoms with Crippen LogP contribution in [0.3, 0.4) is 0 Å². The lowest BCUT2D eigenvalue weighted by atomic mass is 10.0. The van der Waals surface area contributed by atoms with Gasteiger partial charge in [0.25, 0.3) is 0 Å². The van der Waals surface area contributed by atoms with Gasteiger partial charge in [-0.2, -0.15) is 0 Å². The van der Waals surface area contributed by atoms with Crippen LogP contribution >= 0.6 is 24.8 Å². The molecule has 8 heteroatoms. The fraction of sp³-hybridized carbons (Fsp3) is 0.400. The molecule has 0 N–H and O–H groups in total. The zero-order valence-electron chi connectivity index (χ0n) is 19.3. The Labute approximate surface area is 207 Å². The molecule has 0 atom stereocenters. The van der Waals surface area contributed by atoms with Crippen LogP contribution in [-0.4, -0.2) is 62.8 Å². The zero-order chi connectivity index (χ0) is 21.8. The Hall–Kier alpha value is -2.25. The molecular formula is C25H32Cl2N2O4. The number of piperazine rings is 1. The molecule has 0 saturated carbocycles. The summed E-state index contributed by atoms with van der Waals surface area (Å²) in [6.07, 6.45) is 1.54. The van der Waals surface area contributed by atoms with Crippen LogP contribution in [0.2, 0.25) is 0 Å². The fourth-order valence-electron chi connectivity index (χ4n) is 4.06. The second-order valence-electron chi connectivity index (χ2n) is 7.90. The largest absolute Gasteiger partial charge is 0.497 e. The van der Waals surface area contributed by atoms with Gasteiger partial charge >= 0.3 is 0 Å². The van der Waals surface area contributed by atoms with Crippen molar-refractivity contribution in [3.05, 3.63) is 58.4 Å². The minimum absolute atomic E-state index is 0. The Bertz CT molecular complexity index is 1090. The maximum atomic E-state index is 13.1. The number of fused-ring (bicyclic) bond motifs is 1. The number of likely N-dealkylation sites (N-methyl/N-ethyl adjacent to an activating group) is 1. The van der Waals surface area contributed by atoms with Gasteiger partial charge in [0.15, 0.2) is 0 Å². The van der Waals surface area contributed by atoms with E-state index in [1.807, 2.05) is 37.3 Å². The summed E-state index contributed by atoms with van der Waals surface area (Å²) in [6, 6.07) is 11.1. The van der Waals surface area contributed by atoms with E-state index in [4.69, 9.17) is 13.9 Å². The highest BCUT2D eigenvalue weighted by Crippen LogP contribution is 2.28. The SMILES string of the molecule is CCN1CCN(CCOc2ccc3c(=O)c(-c4ccc(OC)cc4)coc3c2C)CC1.Cl.Cl. The Morgan fingerprint density at radius 1 is 0.970 bits per heavy atom. The van der Waals surface area contributed by atoms with E-state index in [2.05, 4.69) is 16.7 Å². The standard InChI is InChI=1S/C25H30N2O4.2ClH/c1-4-26-11-13-27(14-12-26)15-16-30-23-10-9-21-24(28)22(17-31-25(21)18(23)2)19-5-7-20(29-3)8-6-19;;/h5-10,17H,4,11-16H2,1-3H3;2*1H. The second kappa shape index (κ2) is 12.3. The van der Waals surface area contributed by atoms with Crippen molar-refractivity contribution < 1.29 is 13.9 Å². The summed E-state index contributed by atoms with van der Waals surface area (Å²) in [5.41, 5.74) is 2.73. The molecule has 0 spiro atoms. The minimum atomic E-state index is -0.0464. The van der Waals surface area contributed by atoms with Gasteiger partial charge < -0.3 is 18.8 Å². The van der Waals surface area contributed by atoms with Gasteiger partial charge in [0, 0.05) is 38.3 Å². The van der Waals surface area contributed by atoms with Crippen LogP contribution in [0.5, 0.6) is 11.5 Å². The number of halogens is 2. The van der Waals surface area contributed by atoms with Gasteiger partial charge in [0.1, 0.15) is 30.0 Å². The molecule has 0 bridgehead atoms. The normalized spacial score (nSPS) is 14.4. The third-order valence-electron chi connectivity index (χ3n) is 6.12. The van der Waals surface area contributed by atoms with Gasteiger partial charge in [-0.05, 0) is 43.3 Å². The Kier molecular flexibility index (Phi) is 10.0. The average molecular weight is 495 g/mol. The topological polar surface area (TPSA) is 55.2 Å². The van der Waals surface area contributed by atoms with Crippen molar-refractivity contribution in [2.24, 2.45) is 0 Å². The van der Waals surface area contributed by atoms with Crippen molar-refractivity contribution in [3.8, 4) is 22.6 Å². The summed E-state index contributed by atoms with van der Waals surface area (Å²) in [4.78, 5) is 18.0. The molecule has 4 rings (SSSR count). The second-order valence-corrected chi connectivity index (χ2v) is 7.90. The lowest BCUT2D eigenvalue weighted by Gasteiger charge is -2.33. The van der Waals surface area contributed by atoms with Crippen molar-refractivity contribution in [2.45, 2.75) is 13.8 Å². The Balaban J connectivity index is 0.00000193. The molecule has 33 heavy (non-hydrogen) atoms. The lowest BCUT2D eigenvalue weighted by Crippen LogP contribution is -2.47. The quantitative estimate of drug-likeness (QED) is 0.476. The van der Waals surface area contributed by atoms with Gasteiger partial charge in [0.05, 0.1) is 18.1 Å². The molecule has 1 aliphatic rings. The fourth-order valence-corrected chi connectivity index (χ4v) is 4.06. The number of aryl methyl sites for hydroxylation is 1. The zero-order valence-corrected chi connectivity index (χ0v) is 21.0. The molecule has 2 aromatic carbocycles. The van der Waals surface area contributed by atoms with Gasteiger partial charge in [-0.15, -0.1) is 24.8 Å². The Morgan fingerprint density at radius 2 is 1.64 bits per heavy atom. The van der Waals surface area contributed by atoms with E-state index in [1.165, 1.54) is 6.26 Å². The van der Waals surface area contributed by atoms with Crippen molar-refractivity contribution in [3.63, 3.8) is 0 Å². The number of hydrogen-bond donors (Lipinski definition) is 0. The molecule has 180 valence electrons. The molecule has 0 unspecified atom stereocenters. The van der Waals surface area contributed by atoms with Crippen LogP contribution < -0.4 is 14.9 Å². The predicted molar refractivity (Wildman–Crippen MR) is 138 cm³/mol. The number of methoxy groups -OCH3 is 1. The molecule has 6 nitrogen and oxygen atoms in total. The number of ether oxygens (including phenoxy) is 2. The van der Waals surface area contributed by atoms with E-state index in [0.29, 0.717) is 23.1 Å². The highest BCUT2D eigenvalue weighted by Gasteiger charge is 2.16. The van der Waals surface area contributed by atoms with Crippen molar-refractivity contribution in [2.75, 3.05) is 53.0 Å². The summed E-state index contributed by atoms with van der Waals surface area (Å²) in [7, 11) is 1.62. The van der Waals surface area contributed by atoms with Crippen LogP contribution in [0, 0.1) is 6.92 Å². The van der Waals surface area contributed by atoms with Crippen LogP contribution in [0.4, 0.5) is 0 Å². The van der Waals surface area contributed by atoms with Crippen molar-refractivity contribution in [1.29, 1.82) is 0 Å². The molecular weight excluding hydrogens is 463 g/mol. The maximum absolute atomic E-state index is 13.1. The first kappa shape index (κ1) is 27.0. The minimum Gasteiger partial charge on any atom is -0.497 e. The third-order valence-corrected chi connectivity index (χ3v) is 6.12. The van der Waals surface area contributed by atoms with Crippen LogP contribution in [0.15, 0.2) is 51.9 Å². The summed E-state index contributed by atoms with van der Waals surface area (Å²) >= 11 is 0. The van der Waals surface area contributed by atoms with E-state index in [9.17, 15) is 4.79 Å². The summed E-state index contributed by atoms with van der Waals surface area (Å²) in [5, 5.41) is 0.564. The first-order chi connectivity index (χ1) is 15.1. The van der Waals surface area contributed by atoms with Crippen molar-refractivity contribution in [1.82, 2.24) is 9.80 Å². The number of hydrogen-bond acceptors (Lipinski definition) is 6. The van der Waals surface area contributed by atoms with Crippen LogP contribution in [0.25, 0.3) is 22.1 Å². The molecule has 1 aliphatic heterocycles. The summed E-state index contributed by atoms with van der Waals surface area (Å²) < 4.78 is 17.1. The highest BCUT2D eigenvalue weighted by atomic mass is 35.5. The predicted octanol–water partition coefficient (Wildman–Crippen LogP) is 4.64. The molecule has 2 heterocycles. The molecule has 0 aliphatic carbocycles. The van der Waals surface area contributed by atoms with Crippen molar-refractivity contribution >= 4 is 35.8 Å². The van der Waals surface area contributed by atoms with E-state index in [1.54, 1.807) is 13.2 Å². The monoisotopic (exact) mass is 494 g/mol. The smallest absolute Gasteiger partial charge is 0.200 e. The van der Waals surface area contributed by atoms with E-state index < -0.39 is 0 Å². The van der Waals surface area contributed by atoms with Gasteiger partial charge in [-0.1, -0.05) is 19.1 Å². The average Bonchev–Trinajstić information content (AvgIpc) is 2.81. The van der Waals surface area contributed by atoms with E-state index in [-0.39, 0.29) is 30.2 Å². The first-order valence-electron chi connectivity index (χ1n) is 10.9. The highest BCUT2D eigenvalue weighted by molar-refractivity contribution is 5.86. The maximum Gasteiger partial charge on any atom is 0.200 e. The molecule has 1 fully saturated rings. The molecule has 1 aromatic heterocycles. The number of nitrogens with zero attached hydrogens (tertiary/aromatic N) is 2. The molecule has 3 aromatic rings. The number of benzene rings is 2. The summed E-state index contributed by atoms with van der Waals surface area (Å²) in [5.74, 6) is 1.51. The molecule has 0 radical (unpaired) electrons. The van der Waals surface area contributed by atoms with E-state index >= 15 is 0 Å². The van der Waals surface area contributed by atoms with Gasteiger partial charge in [-0.25, -0.2) is 0 Å². The Morgan fingerprint density at radius 3 is 2.27 bits per heavy atom. The first-order valence-corrected chi connectivity index (χ1v) is 10.9. The van der Waals surface area contributed by atoms with E-state index in [0.717, 1.165) is 61.9 Å². The molecule has 1 saturated heterocycles. The van der Waals surface area contributed by atoms with Gasteiger partial charge in [0.2, 0.25) is 5.43 Å². The molecule has 0 amide bonds. The number of rotatable bonds is 7. The van der Waals surface area contributed by atoms with Crippen LogP contribution in [0.1, 0.15) is 12.5 Å². The lowest BCUT2D eigenvalue weighted by molar-refractivity contribution is 0.120. The summed E-state index contributed by atoms with van der Waals surface area (Å²) in [6.45, 7) is 11.2. The van der Waals surface area contributed by atoms with Gasteiger partial charge in [-0.3, -0.25) is 9.69 Å². The third kappa shape index (κ3) is 6.01. The van der Waals surface area contributed by atoms with Crippen LogP contribution in [-0.2, 0) is 0 Å².